The van der Waals surface area contributed by atoms with Gasteiger partial charge in [0, 0.05) is 26.2 Å². The molecule has 0 radical (unpaired) electrons. The van der Waals surface area contributed by atoms with E-state index in [1.807, 2.05) is 24.0 Å². The molecule has 0 saturated heterocycles. The Labute approximate surface area is 174 Å². The van der Waals surface area contributed by atoms with Crippen LogP contribution >= 0.6 is 0 Å². The quantitative estimate of drug-likeness (QED) is 0.607. The van der Waals surface area contributed by atoms with Crippen molar-refractivity contribution in [3.8, 4) is 11.5 Å². The van der Waals surface area contributed by atoms with Crippen molar-refractivity contribution in [2.24, 2.45) is 0 Å². The summed E-state index contributed by atoms with van der Waals surface area (Å²) >= 11 is 0. The predicted octanol–water partition coefficient (Wildman–Crippen LogP) is 3.20. The molecule has 0 bridgehead atoms. The van der Waals surface area contributed by atoms with E-state index in [9.17, 15) is 9.59 Å². The average molecular weight is 406 g/mol. The van der Waals surface area contributed by atoms with Gasteiger partial charge in [-0.25, -0.2) is 4.79 Å². The molecule has 7 heteroatoms. The number of nitrogens with zero attached hydrogens (tertiary/aromatic N) is 2. The first-order chi connectivity index (χ1) is 14.0. The smallest absolute Gasteiger partial charge is 0.317 e. The predicted molar refractivity (Wildman–Crippen MR) is 113 cm³/mol. The number of carbonyl (C=O) groups excluding carboxylic acids is 2. The van der Waals surface area contributed by atoms with Gasteiger partial charge in [-0.2, -0.15) is 0 Å². The van der Waals surface area contributed by atoms with Crippen molar-refractivity contribution in [3.63, 3.8) is 0 Å². The molecule has 29 heavy (non-hydrogen) atoms. The van der Waals surface area contributed by atoms with Crippen LogP contribution in [-0.4, -0.2) is 62.1 Å². The van der Waals surface area contributed by atoms with Crippen LogP contribution in [0.15, 0.2) is 12.1 Å². The van der Waals surface area contributed by atoms with E-state index in [0.29, 0.717) is 37.7 Å². The Morgan fingerprint density at radius 2 is 1.76 bits per heavy atom. The van der Waals surface area contributed by atoms with E-state index >= 15 is 0 Å². The number of ether oxygens (including phenoxy) is 2. The zero-order valence-corrected chi connectivity index (χ0v) is 18.3. The van der Waals surface area contributed by atoms with Crippen molar-refractivity contribution < 1.29 is 19.1 Å². The molecule has 1 aromatic carbocycles. The number of hydrogen-bond acceptors (Lipinski definition) is 4. The average Bonchev–Trinajstić information content (AvgIpc) is 2.74. The Morgan fingerprint density at radius 1 is 1.07 bits per heavy atom. The topological polar surface area (TPSA) is 71.1 Å². The van der Waals surface area contributed by atoms with Crippen LogP contribution in [0.2, 0.25) is 0 Å². The van der Waals surface area contributed by atoms with Gasteiger partial charge in [-0.3, -0.25) is 4.79 Å². The fourth-order valence-corrected chi connectivity index (χ4v) is 3.60. The lowest BCUT2D eigenvalue weighted by molar-refractivity contribution is -0.132. The lowest BCUT2D eigenvalue weighted by Crippen LogP contribution is -2.48. The molecule has 0 aromatic heterocycles. The zero-order chi connectivity index (χ0) is 21.2. The molecule has 0 spiro atoms. The van der Waals surface area contributed by atoms with E-state index in [1.165, 1.54) is 5.56 Å². The van der Waals surface area contributed by atoms with E-state index in [-0.39, 0.29) is 18.5 Å². The summed E-state index contributed by atoms with van der Waals surface area (Å²) in [5, 5.41) is 2.82. The van der Waals surface area contributed by atoms with Crippen molar-refractivity contribution in [1.29, 1.82) is 0 Å². The largest absolute Gasteiger partial charge is 0.493 e. The number of nitrogens with one attached hydrogen (secondary N) is 1. The van der Waals surface area contributed by atoms with Gasteiger partial charge < -0.3 is 24.6 Å². The normalized spacial score (nSPS) is 12.9. The fraction of sp³-hybridized carbons (Fsp3) is 0.636. The first-order valence-corrected chi connectivity index (χ1v) is 10.6. The molecule has 1 aromatic rings. The molecule has 0 saturated carbocycles. The van der Waals surface area contributed by atoms with Gasteiger partial charge in [0.15, 0.2) is 11.5 Å². The number of hydrogen-bond donors (Lipinski definition) is 1. The van der Waals surface area contributed by atoms with Crippen molar-refractivity contribution in [2.75, 3.05) is 40.4 Å². The number of amides is 3. The third-order valence-electron chi connectivity index (χ3n) is 5.29. The summed E-state index contributed by atoms with van der Waals surface area (Å²) in [5.41, 5.74) is 2.24. The number of methoxy groups -OCH3 is 2. The van der Waals surface area contributed by atoms with Crippen molar-refractivity contribution in [1.82, 2.24) is 15.1 Å². The molecule has 1 aliphatic rings. The lowest BCUT2D eigenvalue weighted by Gasteiger charge is -2.32. The highest BCUT2D eigenvalue weighted by Crippen LogP contribution is 2.33. The van der Waals surface area contributed by atoms with Crippen LogP contribution < -0.4 is 14.8 Å². The summed E-state index contributed by atoms with van der Waals surface area (Å²) in [5.74, 6) is 1.35. The summed E-state index contributed by atoms with van der Waals surface area (Å²) in [6.07, 6.45) is 5.03. The summed E-state index contributed by atoms with van der Waals surface area (Å²) in [6.45, 7) is 6.47. The maximum Gasteiger partial charge on any atom is 0.317 e. The number of fused-ring (bicyclic) bond motifs is 1. The Balaban J connectivity index is 2.03. The molecule has 1 aliphatic heterocycles. The summed E-state index contributed by atoms with van der Waals surface area (Å²) in [4.78, 5) is 28.8. The van der Waals surface area contributed by atoms with Crippen LogP contribution in [0, 0.1) is 0 Å². The molecule has 0 atom stereocenters. The van der Waals surface area contributed by atoms with Crippen LogP contribution in [0.5, 0.6) is 11.5 Å². The minimum Gasteiger partial charge on any atom is -0.493 e. The fourth-order valence-electron chi connectivity index (χ4n) is 3.60. The maximum absolute atomic E-state index is 12.9. The molecule has 162 valence electrons. The first-order valence-electron chi connectivity index (χ1n) is 10.6. The van der Waals surface area contributed by atoms with Crippen molar-refractivity contribution in [2.45, 2.75) is 52.5 Å². The van der Waals surface area contributed by atoms with E-state index in [0.717, 1.165) is 37.7 Å². The monoisotopic (exact) mass is 405 g/mol. The highest BCUT2D eigenvalue weighted by atomic mass is 16.5. The summed E-state index contributed by atoms with van der Waals surface area (Å²) in [6, 6.07) is 3.77. The second kappa shape index (κ2) is 11.5. The molecule has 1 heterocycles. The minimum absolute atomic E-state index is 0.0211. The first kappa shape index (κ1) is 22.8. The molecule has 3 amide bonds. The Kier molecular flexibility index (Phi) is 9.09. The number of urea groups is 1. The Morgan fingerprint density at radius 3 is 2.38 bits per heavy atom. The van der Waals surface area contributed by atoms with Gasteiger partial charge in [-0.15, -0.1) is 0 Å². The Bertz CT molecular complexity index is 693. The molecular weight excluding hydrogens is 370 g/mol. The highest BCUT2D eigenvalue weighted by Gasteiger charge is 2.25. The SMILES string of the molecule is CCCCCCN(CC(=O)N1CCc2cc(OC)c(OC)cc2C1)C(=O)NCC. The summed E-state index contributed by atoms with van der Waals surface area (Å²) < 4.78 is 10.8. The van der Waals surface area contributed by atoms with Gasteiger partial charge in [0.05, 0.1) is 14.2 Å². The third-order valence-corrected chi connectivity index (χ3v) is 5.29. The standard InChI is InChI=1S/C22H35N3O4/c1-5-7-8-9-11-25(22(27)23-6-2)16-21(26)24-12-10-17-13-19(28-3)20(29-4)14-18(17)15-24/h13-14H,5-12,15-16H2,1-4H3,(H,23,27). The molecule has 0 aliphatic carbocycles. The van der Waals surface area contributed by atoms with Crippen LogP contribution in [0.1, 0.15) is 50.7 Å². The third kappa shape index (κ3) is 6.27. The van der Waals surface area contributed by atoms with E-state index in [2.05, 4.69) is 12.2 Å². The van der Waals surface area contributed by atoms with Gasteiger partial charge in [-0.05, 0) is 43.0 Å². The second-order valence-corrected chi connectivity index (χ2v) is 7.36. The second-order valence-electron chi connectivity index (χ2n) is 7.36. The number of rotatable bonds is 10. The van der Waals surface area contributed by atoms with Crippen LogP contribution in [-0.2, 0) is 17.8 Å². The molecule has 0 unspecified atom stereocenters. The maximum atomic E-state index is 12.9. The Hall–Kier alpha value is -2.44. The number of unbranched alkanes of at least 4 members (excludes halogenated alkanes) is 3. The number of carbonyl (C=O) groups is 2. The van der Waals surface area contributed by atoms with Gasteiger partial charge in [-0.1, -0.05) is 26.2 Å². The molecular formula is C22H35N3O4. The molecule has 2 rings (SSSR count). The van der Waals surface area contributed by atoms with E-state index < -0.39 is 0 Å². The highest BCUT2D eigenvalue weighted by molar-refractivity contribution is 5.84. The zero-order valence-electron chi connectivity index (χ0n) is 18.3. The van der Waals surface area contributed by atoms with Gasteiger partial charge in [0.1, 0.15) is 6.54 Å². The van der Waals surface area contributed by atoms with Crippen molar-refractivity contribution >= 4 is 11.9 Å². The van der Waals surface area contributed by atoms with Gasteiger partial charge in [0.25, 0.3) is 0 Å². The van der Waals surface area contributed by atoms with Crippen LogP contribution in [0.4, 0.5) is 4.79 Å². The molecule has 0 fully saturated rings. The lowest BCUT2D eigenvalue weighted by atomic mass is 9.98. The summed E-state index contributed by atoms with van der Waals surface area (Å²) in [7, 11) is 3.23. The number of benzene rings is 1. The van der Waals surface area contributed by atoms with Gasteiger partial charge in [0.2, 0.25) is 5.91 Å². The molecule has 1 N–H and O–H groups in total. The minimum atomic E-state index is -0.166. The van der Waals surface area contributed by atoms with E-state index in [4.69, 9.17) is 9.47 Å². The van der Waals surface area contributed by atoms with Gasteiger partial charge >= 0.3 is 6.03 Å². The van der Waals surface area contributed by atoms with Crippen LogP contribution in [0.3, 0.4) is 0 Å². The van der Waals surface area contributed by atoms with Crippen molar-refractivity contribution in [3.05, 3.63) is 23.3 Å². The van der Waals surface area contributed by atoms with E-state index in [1.54, 1.807) is 19.1 Å². The van der Waals surface area contributed by atoms with Crippen LogP contribution in [0.25, 0.3) is 0 Å². The molecule has 7 nitrogen and oxygen atoms in total.